The van der Waals surface area contributed by atoms with Crippen LogP contribution in [0.2, 0.25) is 0 Å². The molecule has 33 heavy (non-hydrogen) atoms. The Kier molecular flexibility index (Phi) is 7.05. The minimum Gasteiger partial charge on any atom is -0.489 e. The quantitative estimate of drug-likeness (QED) is 0.563. The summed E-state index contributed by atoms with van der Waals surface area (Å²) >= 11 is 4.80. The number of nitrogens with zero attached hydrogens (tertiary/aromatic N) is 6. The van der Waals surface area contributed by atoms with Crippen LogP contribution in [0.15, 0.2) is 32.8 Å². The summed E-state index contributed by atoms with van der Waals surface area (Å²) in [5, 5.41) is 23.9. The Labute approximate surface area is 203 Å². The Hall–Kier alpha value is -2.44. The van der Waals surface area contributed by atoms with Crippen molar-refractivity contribution in [2.75, 3.05) is 38.1 Å². The van der Waals surface area contributed by atoms with Gasteiger partial charge >= 0.3 is 5.97 Å². The molecule has 3 heterocycles. The van der Waals surface area contributed by atoms with E-state index in [1.165, 1.54) is 23.5 Å². The Morgan fingerprint density at radius 1 is 1.36 bits per heavy atom. The first-order valence-corrected chi connectivity index (χ1v) is 12.2. The summed E-state index contributed by atoms with van der Waals surface area (Å²) in [6, 6.07) is 4.42. The van der Waals surface area contributed by atoms with Crippen LogP contribution in [-0.2, 0) is 4.79 Å². The topological polar surface area (TPSA) is 100 Å². The molecule has 2 aromatic rings. The lowest BCUT2D eigenvalue weighted by atomic mass is 10.1. The number of carbonyl (C=O) groups is 1. The summed E-state index contributed by atoms with van der Waals surface area (Å²) in [6.45, 7) is 3.82. The first-order valence-electron chi connectivity index (χ1n) is 10.6. The third kappa shape index (κ3) is 5.92. The molecule has 0 bridgehead atoms. The summed E-state index contributed by atoms with van der Waals surface area (Å²) in [5.41, 5.74) is 0.888. The lowest BCUT2D eigenvalue weighted by molar-refractivity contribution is -0.908. The van der Waals surface area contributed by atoms with Gasteiger partial charge in [-0.3, -0.25) is 0 Å². The van der Waals surface area contributed by atoms with E-state index in [2.05, 4.69) is 41.1 Å². The number of carboxylic acids is 1. The van der Waals surface area contributed by atoms with Gasteiger partial charge in [-0.05, 0) is 35.0 Å². The second-order valence-electron chi connectivity index (χ2n) is 8.40. The lowest BCUT2D eigenvalue weighted by Gasteiger charge is -2.31. The van der Waals surface area contributed by atoms with Crippen molar-refractivity contribution in [3.05, 3.63) is 33.5 Å². The summed E-state index contributed by atoms with van der Waals surface area (Å²) in [5.74, 6) is -0.307. The van der Waals surface area contributed by atoms with E-state index in [0.717, 1.165) is 41.2 Å². The Balaban J connectivity index is 1.44. The maximum Gasteiger partial charge on any atom is 0.361 e. The number of aliphatic imine (C=N–C) groups is 1. The van der Waals surface area contributed by atoms with Crippen LogP contribution in [0.25, 0.3) is 0 Å². The molecule has 176 valence electrons. The van der Waals surface area contributed by atoms with Crippen molar-refractivity contribution in [2.45, 2.75) is 32.3 Å². The van der Waals surface area contributed by atoms with Crippen LogP contribution in [0, 0.1) is 5.82 Å². The molecular formula is C21H25BrFN6O3S+. The van der Waals surface area contributed by atoms with Crippen LogP contribution >= 0.6 is 27.3 Å². The van der Waals surface area contributed by atoms with Gasteiger partial charge in [0.05, 0.1) is 11.5 Å². The number of benzene rings is 1. The smallest absolute Gasteiger partial charge is 0.361 e. The number of quaternary nitrogens is 1. The molecule has 2 aliphatic rings. The van der Waals surface area contributed by atoms with Crippen molar-refractivity contribution in [3.8, 4) is 5.75 Å². The van der Waals surface area contributed by atoms with E-state index in [1.807, 2.05) is 6.92 Å². The third-order valence-corrected chi connectivity index (χ3v) is 7.20. The van der Waals surface area contributed by atoms with Crippen molar-refractivity contribution in [3.63, 3.8) is 0 Å². The van der Waals surface area contributed by atoms with Crippen molar-refractivity contribution in [1.82, 2.24) is 10.2 Å². The molecule has 0 amide bonds. The summed E-state index contributed by atoms with van der Waals surface area (Å²) < 4.78 is 20.3. The molecule has 4 rings (SSSR count). The number of carboxylic acid groups (broad SMARTS) is 1. The highest BCUT2D eigenvalue weighted by Crippen LogP contribution is 2.30. The zero-order valence-electron chi connectivity index (χ0n) is 18.4. The summed E-state index contributed by atoms with van der Waals surface area (Å²) in [7, 11) is 1.78. The largest absolute Gasteiger partial charge is 0.489 e. The van der Waals surface area contributed by atoms with Crippen molar-refractivity contribution < 1.29 is 23.6 Å². The minimum absolute atomic E-state index is 0.0127. The Morgan fingerprint density at radius 3 is 2.85 bits per heavy atom. The first kappa shape index (κ1) is 23.7. The normalized spacial score (nSPS) is 21.9. The maximum atomic E-state index is 13.5. The van der Waals surface area contributed by atoms with Gasteiger partial charge in [0.1, 0.15) is 24.2 Å². The van der Waals surface area contributed by atoms with Gasteiger partial charge in [-0.1, -0.05) is 16.4 Å². The number of rotatable bonds is 6. The molecule has 2 aliphatic heterocycles. The highest BCUT2D eigenvalue weighted by molar-refractivity contribution is 9.10. The first-order chi connectivity index (χ1) is 15.7. The standard InChI is InChI=1S/C21H24BrFN6O3S/c1-13-7-10-29(2,12-18(30)31)27-19(24-13)20-25-26-21(33-20)28-8-5-15(6-9-28)32-17-11-14(23)3-4-16(17)22/h3-4,11,15H,5-10,12H2,1-2H3/p+1. The molecule has 0 aliphatic carbocycles. The van der Waals surface area contributed by atoms with Gasteiger partial charge in [-0.2, -0.15) is 4.59 Å². The Morgan fingerprint density at radius 2 is 2.12 bits per heavy atom. The predicted molar refractivity (Wildman–Crippen MR) is 128 cm³/mol. The number of hydrogen-bond donors (Lipinski definition) is 1. The molecule has 0 saturated carbocycles. The molecule has 1 atom stereocenters. The number of anilines is 1. The third-order valence-electron chi connectivity index (χ3n) is 5.57. The fraction of sp³-hybridized carbons (Fsp3) is 0.476. The van der Waals surface area contributed by atoms with Crippen LogP contribution < -0.4 is 9.64 Å². The van der Waals surface area contributed by atoms with E-state index in [-0.39, 0.29) is 23.1 Å². The van der Waals surface area contributed by atoms with Crippen molar-refractivity contribution in [1.29, 1.82) is 0 Å². The van der Waals surface area contributed by atoms with Gasteiger partial charge in [0.25, 0.3) is 0 Å². The van der Waals surface area contributed by atoms with Crippen LogP contribution in [0.3, 0.4) is 0 Å². The predicted octanol–water partition coefficient (Wildman–Crippen LogP) is 3.54. The minimum atomic E-state index is -0.909. The second kappa shape index (κ2) is 9.82. The van der Waals surface area contributed by atoms with Crippen molar-refractivity contribution in [2.24, 2.45) is 10.1 Å². The van der Waals surface area contributed by atoms with Gasteiger partial charge in [-0.25, -0.2) is 14.2 Å². The molecular weight excluding hydrogens is 515 g/mol. The molecule has 1 fully saturated rings. The SMILES string of the molecule is CC1=NC(c2nnc(N3CCC(Oc4cc(F)ccc4Br)CC3)s2)=N[N+](C)(CC(=O)O)CC1. The van der Waals surface area contributed by atoms with E-state index in [9.17, 15) is 14.3 Å². The highest BCUT2D eigenvalue weighted by Gasteiger charge is 2.31. The number of piperidine rings is 1. The number of hydrogen-bond acceptors (Lipinski definition) is 8. The van der Waals surface area contributed by atoms with Crippen molar-refractivity contribution >= 4 is 49.9 Å². The number of aliphatic carboxylic acids is 1. The van der Waals surface area contributed by atoms with Gasteiger partial charge < -0.3 is 14.7 Å². The number of halogens is 2. The van der Waals surface area contributed by atoms with Crippen LogP contribution in [-0.4, -0.2) is 76.7 Å². The molecule has 12 heteroatoms. The molecule has 1 unspecified atom stereocenters. The second-order valence-corrected chi connectivity index (χ2v) is 10.2. The van der Waals surface area contributed by atoms with Gasteiger partial charge in [0.15, 0.2) is 5.01 Å². The molecule has 1 saturated heterocycles. The zero-order chi connectivity index (χ0) is 23.6. The van der Waals surface area contributed by atoms with E-state index >= 15 is 0 Å². The van der Waals surface area contributed by atoms with E-state index < -0.39 is 5.97 Å². The fourth-order valence-electron chi connectivity index (χ4n) is 3.78. The fourth-order valence-corrected chi connectivity index (χ4v) is 4.95. The molecule has 1 N–H and O–H groups in total. The molecule has 0 radical (unpaired) electrons. The van der Waals surface area contributed by atoms with Crippen LogP contribution in [0.5, 0.6) is 5.75 Å². The van der Waals surface area contributed by atoms with Gasteiger partial charge in [0, 0.05) is 44.1 Å². The number of ether oxygens (including phenoxy) is 1. The number of aromatic nitrogens is 2. The zero-order valence-corrected chi connectivity index (χ0v) is 20.8. The average molecular weight is 540 g/mol. The van der Waals surface area contributed by atoms with E-state index in [4.69, 9.17) is 4.74 Å². The van der Waals surface area contributed by atoms with Gasteiger partial charge in [-0.15, -0.1) is 10.2 Å². The summed E-state index contributed by atoms with van der Waals surface area (Å²) in [6.07, 6.45) is 2.18. The van der Waals surface area contributed by atoms with Crippen LogP contribution in [0.1, 0.15) is 31.2 Å². The molecule has 9 nitrogen and oxygen atoms in total. The maximum absolute atomic E-state index is 13.5. The average Bonchev–Trinajstić information content (AvgIpc) is 3.19. The summed E-state index contributed by atoms with van der Waals surface area (Å²) in [4.78, 5) is 18.0. The number of likely N-dealkylation sites (N-methyl/N-ethyl adjacent to an activating group) is 1. The van der Waals surface area contributed by atoms with Crippen LogP contribution in [0.4, 0.5) is 9.52 Å². The number of amidine groups is 1. The molecule has 0 spiro atoms. The monoisotopic (exact) mass is 539 g/mol. The van der Waals surface area contributed by atoms with E-state index in [0.29, 0.717) is 29.6 Å². The Bertz CT molecular complexity index is 1100. The lowest BCUT2D eigenvalue weighted by Crippen LogP contribution is -2.44. The van der Waals surface area contributed by atoms with E-state index in [1.54, 1.807) is 13.1 Å². The van der Waals surface area contributed by atoms with Gasteiger partial charge in [0.2, 0.25) is 17.5 Å². The highest BCUT2D eigenvalue weighted by atomic mass is 79.9. The molecule has 1 aromatic heterocycles. The molecule has 1 aromatic carbocycles.